The fourth-order valence-corrected chi connectivity index (χ4v) is 2.16. The van der Waals surface area contributed by atoms with E-state index in [-0.39, 0.29) is 5.91 Å². The van der Waals surface area contributed by atoms with Crippen LogP contribution in [0.15, 0.2) is 42.5 Å². The molecule has 6 nitrogen and oxygen atoms in total. The van der Waals surface area contributed by atoms with E-state index in [1.165, 1.54) is 0 Å². The van der Waals surface area contributed by atoms with Gasteiger partial charge in [-0.3, -0.25) is 4.79 Å². The van der Waals surface area contributed by atoms with Crippen LogP contribution in [0, 0.1) is 11.3 Å². The Bertz CT molecular complexity index is 753. The van der Waals surface area contributed by atoms with Crippen LogP contribution in [0.5, 0.6) is 11.5 Å². The molecule has 0 aliphatic rings. The molecule has 0 heterocycles. The van der Waals surface area contributed by atoms with Gasteiger partial charge in [-0.25, -0.2) is 0 Å². The number of nitriles is 1. The van der Waals surface area contributed by atoms with Crippen LogP contribution < -0.4 is 20.1 Å². The first-order valence-electron chi connectivity index (χ1n) is 7.42. The fourth-order valence-electron chi connectivity index (χ4n) is 2.16. The van der Waals surface area contributed by atoms with Crippen molar-refractivity contribution in [2.75, 3.05) is 31.4 Å². The molecule has 0 spiro atoms. The van der Waals surface area contributed by atoms with E-state index in [1.807, 2.05) is 18.2 Å². The Balaban J connectivity index is 1.85. The number of nitrogens with zero attached hydrogens (tertiary/aromatic N) is 1. The Morgan fingerprint density at radius 2 is 1.88 bits per heavy atom. The summed E-state index contributed by atoms with van der Waals surface area (Å²) in [5, 5.41) is 14.8. The number of amides is 1. The lowest BCUT2D eigenvalue weighted by Crippen LogP contribution is -2.16. The molecule has 24 heavy (non-hydrogen) atoms. The molecule has 0 bridgehead atoms. The summed E-state index contributed by atoms with van der Waals surface area (Å²) in [5.74, 6) is 1.15. The van der Waals surface area contributed by atoms with E-state index in [0.717, 1.165) is 5.69 Å². The second-order valence-electron chi connectivity index (χ2n) is 4.99. The largest absolute Gasteiger partial charge is 0.493 e. The van der Waals surface area contributed by atoms with Crippen molar-refractivity contribution in [3.05, 3.63) is 48.0 Å². The first-order valence-corrected chi connectivity index (χ1v) is 7.42. The monoisotopic (exact) mass is 325 g/mol. The van der Waals surface area contributed by atoms with Crippen LogP contribution in [0.3, 0.4) is 0 Å². The highest BCUT2D eigenvalue weighted by molar-refractivity contribution is 5.91. The van der Waals surface area contributed by atoms with E-state index in [9.17, 15) is 4.79 Å². The summed E-state index contributed by atoms with van der Waals surface area (Å²) >= 11 is 0. The number of nitrogens with one attached hydrogen (secondary N) is 2. The maximum atomic E-state index is 11.9. The zero-order valence-corrected chi connectivity index (χ0v) is 13.6. The van der Waals surface area contributed by atoms with Gasteiger partial charge < -0.3 is 20.1 Å². The lowest BCUT2D eigenvalue weighted by molar-refractivity contribution is -0.115. The van der Waals surface area contributed by atoms with Crippen molar-refractivity contribution in [1.29, 1.82) is 5.26 Å². The normalized spacial score (nSPS) is 9.71. The average molecular weight is 325 g/mol. The van der Waals surface area contributed by atoms with Gasteiger partial charge in [-0.05, 0) is 30.3 Å². The fraction of sp³-hybridized carbons (Fsp3) is 0.222. The molecule has 0 radical (unpaired) electrons. The highest BCUT2D eigenvalue weighted by Gasteiger charge is 2.06. The number of carbonyl (C=O) groups excluding carboxylic acids is 1. The lowest BCUT2D eigenvalue weighted by atomic mass is 10.2. The van der Waals surface area contributed by atoms with Gasteiger partial charge in [-0.2, -0.15) is 5.26 Å². The summed E-state index contributed by atoms with van der Waals surface area (Å²) < 4.78 is 10.4. The molecule has 0 fully saturated rings. The number of rotatable bonds is 7. The Morgan fingerprint density at radius 3 is 2.58 bits per heavy atom. The van der Waals surface area contributed by atoms with Crippen LogP contribution in [0.1, 0.15) is 12.0 Å². The third kappa shape index (κ3) is 4.65. The average Bonchev–Trinajstić information content (AvgIpc) is 2.61. The topological polar surface area (TPSA) is 83.4 Å². The molecule has 2 rings (SSSR count). The van der Waals surface area contributed by atoms with E-state index < -0.39 is 0 Å². The number of hydrogen-bond acceptors (Lipinski definition) is 5. The standard InChI is InChI=1S/C18H19N3O3/c1-23-16-7-6-14(11-17(16)24-2)20-9-8-18(22)21-15-5-3-4-13(10-15)12-19/h3-7,10-11,20H,8-9H2,1-2H3,(H,21,22). The van der Waals surface area contributed by atoms with E-state index in [4.69, 9.17) is 14.7 Å². The van der Waals surface area contributed by atoms with Gasteiger partial charge in [-0.1, -0.05) is 6.07 Å². The highest BCUT2D eigenvalue weighted by Crippen LogP contribution is 2.29. The quantitative estimate of drug-likeness (QED) is 0.817. The van der Waals surface area contributed by atoms with Crippen LogP contribution in [0.2, 0.25) is 0 Å². The van der Waals surface area contributed by atoms with Crippen LogP contribution in [-0.2, 0) is 4.79 Å². The van der Waals surface area contributed by atoms with Crippen LogP contribution in [0.25, 0.3) is 0 Å². The van der Waals surface area contributed by atoms with Crippen molar-refractivity contribution in [2.24, 2.45) is 0 Å². The van der Waals surface area contributed by atoms with Gasteiger partial charge in [0, 0.05) is 30.4 Å². The van der Waals surface area contributed by atoms with Crippen molar-refractivity contribution in [3.8, 4) is 17.6 Å². The Kier molecular flexibility index (Phi) is 6.03. The van der Waals surface area contributed by atoms with Gasteiger partial charge in [0.05, 0.1) is 25.9 Å². The van der Waals surface area contributed by atoms with Crippen molar-refractivity contribution < 1.29 is 14.3 Å². The number of hydrogen-bond donors (Lipinski definition) is 2. The van der Waals surface area contributed by atoms with E-state index in [2.05, 4.69) is 10.6 Å². The summed E-state index contributed by atoms with van der Waals surface area (Å²) in [4.78, 5) is 11.9. The summed E-state index contributed by atoms with van der Waals surface area (Å²) in [6.45, 7) is 0.471. The maximum absolute atomic E-state index is 11.9. The van der Waals surface area contributed by atoms with Gasteiger partial charge in [0.25, 0.3) is 0 Å². The summed E-state index contributed by atoms with van der Waals surface area (Å²) in [5.41, 5.74) is 1.97. The molecule has 124 valence electrons. The molecule has 0 unspecified atom stereocenters. The Morgan fingerprint density at radius 1 is 1.08 bits per heavy atom. The minimum Gasteiger partial charge on any atom is -0.493 e. The molecule has 6 heteroatoms. The van der Waals surface area contributed by atoms with Gasteiger partial charge in [0.1, 0.15) is 0 Å². The molecule has 0 aliphatic heterocycles. The molecule has 1 amide bonds. The molecule has 2 aromatic carbocycles. The predicted octanol–water partition coefficient (Wildman–Crippen LogP) is 3.02. The van der Waals surface area contributed by atoms with Gasteiger partial charge in [-0.15, -0.1) is 0 Å². The van der Waals surface area contributed by atoms with Crippen molar-refractivity contribution in [3.63, 3.8) is 0 Å². The number of methoxy groups -OCH3 is 2. The van der Waals surface area contributed by atoms with Crippen LogP contribution in [-0.4, -0.2) is 26.7 Å². The van der Waals surface area contributed by atoms with Crippen LogP contribution in [0.4, 0.5) is 11.4 Å². The number of carbonyl (C=O) groups is 1. The molecular formula is C18H19N3O3. The molecule has 2 aromatic rings. The third-order valence-corrected chi connectivity index (χ3v) is 3.34. The second-order valence-corrected chi connectivity index (χ2v) is 4.99. The smallest absolute Gasteiger partial charge is 0.226 e. The molecule has 0 atom stereocenters. The first kappa shape index (κ1) is 17.2. The molecule has 0 saturated heterocycles. The Labute approximate surface area is 141 Å². The number of ether oxygens (including phenoxy) is 2. The van der Waals surface area contributed by atoms with Crippen molar-refractivity contribution in [1.82, 2.24) is 0 Å². The maximum Gasteiger partial charge on any atom is 0.226 e. The second kappa shape index (κ2) is 8.44. The van der Waals surface area contributed by atoms with Gasteiger partial charge in [0.15, 0.2) is 11.5 Å². The van der Waals surface area contributed by atoms with Gasteiger partial charge >= 0.3 is 0 Å². The SMILES string of the molecule is COc1ccc(NCCC(=O)Nc2cccc(C#N)c2)cc1OC. The molecular weight excluding hydrogens is 306 g/mol. The zero-order valence-electron chi connectivity index (χ0n) is 13.6. The third-order valence-electron chi connectivity index (χ3n) is 3.34. The van der Waals surface area contributed by atoms with E-state index in [0.29, 0.717) is 35.7 Å². The van der Waals surface area contributed by atoms with E-state index >= 15 is 0 Å². The summed E-state index contributed by atoms with van der Waals surface area (Å²) in [7, 11) is 3.15. The zero-order chi connectivity index (χ0) is 17.4. The molecule has 0 saturated carbocycles. The minimum atomic E-state index is -0.127. The molecule has 2 N–H and O–H groups in total. The predicted molar refractivity (Wildman–Crippen MR) is 92.4 cm³/mol. The van der Waals surface area contributed by atoms with Crippen molar-refractivity contribution in [2.45, 2.75) is 6.42 Å². The molecule has 0 aliphatic carbocycles. The Hall–Kier alpha value is -3.20. The van der Waals surface area contributed by atoms with Crippen LogP contribution >= 0.6 is 0 Å². The minimum absolute atomic E-state index is 0.127. The van der Waals surface area contributed by atoms with E-state index in [1.54, 1.807) is 44.6 Å². The lowest BCUT2D eigenvalue weighted by Gasteiger charge is -2.11. The summed E-state index contributed by atoms with van der Waals surface area (Å²) in [6.07, 6.45) is 0.297. The number of anilines is 2. The number of benzene rings is 2. The molecule has 0 aromatic heterocycles. The first-order chi connectivity index (χ1) is 11.7. The highest BCUT2D eigenvalue weighted by atomic mass is 16.5. The summed E-state index contributed by atoms with van der Waals surface area (Å²) in [6, 6.07) is 14.3. The van der Waals surface area contributed by atoms with Crippen molar-refractivity contribution >= 4 is 17.3 Å². The van der Waals surface area contributed by atoms with Gasteiger partial charge in [0.2, 0.25) is 5.91 Å².